The van der Waals surface area contributed by atoms with E-state index < -0.39 is 0 Å². The number of thiophene rings is 1. The second kappa shape index (κ2) is 4.89. The molecule has 0 radical (unpaired) electrons. The van der Waals surface area contributed by atoms with Crippen LogP contribution in [0.1, 0.15) is 11.3 Å². The van der Waals surface area contributed by atoms with Crippen molar-refractivity contribution in [3.05, 3.63) is 33.4 Å². The molecule has 2 aromatic rings. The van der Waals surface area contributed by atoms with E-state index in [0.29, 0.717) is 17.2 Å². The van der Waals surface area contributed by atoms with Crippen molar-refractivity contribution in [2.75, 3.05) is 17.7 Å². The van der Waals surface area contributed by atoms with Gasteiger partial charge in [-0.2, -0.15) is 16.3 Å². The molecule has 0 spiro atoms. The monoisotopic (exact) mass is 268 g/mol. The molecule has 0 unspecified atom stereocenters. The highest BCUT2D eigenvalue weighted by Gasteiger charge is 2.12. The number of nitrogens with zero attached hydrogens (tertiary/aromatic N) is 3. The summed E-state index contributed by atoms with van der Waals surface area (Å²) in [5, 5.41) is 4.37. The van der Waals surface area contributed by atoms with Crippen LogP contribution in [0.2, 0.25) is 5.28 Å². The number of halogens is 1. The molecule has 90 valence electrons. The summed E-state index contributed by atoms with van der Waals surface area (Å²) in [5.74, 6) is 0.675. The number of hydrogen-bond donors (Lipinski definition) is 1. The van der Waals surface area contributed by atoms with Crippen molar-refractivity contribution in [2.24, 2.45) is 0 Å². The second-order valence-corrected chi connectivity index (χ2v) is 4.92. The van der Waals surface area contributed by atoms with E-state index in [-0.39, 0.29) is 5.28 Å². The summed E-state index contributed by atoms with van der Waals surface area (Å²) in [6, 6.07) is 2.08. The number of rotatable bonds is 3. The first-order valence-corrected chi connectivity index (χ1v) is 6.42. The van der Waals surface area contributed by atoms with Gasteiger partial charge in [0.25, 0.3) is 0 Å². The Kier molecular flexibility index (Phi) is 3.49. The van der Waals surface area contributed by atoms with E-state index in [0.717, 1.165) is 6.54 Å². The van der Waals surface area contributed by atoms with E-state index in [4.69, 9.17) is 17.3 Å². The van der Waals surface area contributed by atoms with Crippen molar-refractivity contribution in [1.82, 2.24) is 9.97 Å². The predicted octanol–water partition coefficient (Wildman–Crippen LogP) is 2.72. The third kappa shape index (κ3) is 2.68. The molecule has 0 fully saturated rings. The van der Waals surface area contributed by atoms with E-state index in [1.807, 2.05) is 24.3 Å². The Morgan fingerprint density at radius 1 is 1.47 bits per heavy atom. The van der Waals surface area contributed by atoms with Gasteiger partial charge in [0.2, 0.25) is 5.28 Å². The molecular formula is C11H13ClN4S. The molecule has 17 heavy (non-hydrogen) atoms. The number of aromatic nitrogens is 2. The maximum Gasteiger partial charge on any atom is 0.224 e. The lowest BCUT2D eigenvalue weighted by Crippen LogP contribution is -2.20. The standard InChI is InChI=1S/C11H13ClN4S/c1-7-9(13)10(15-11(12)14-7)16(2)5-8-3-4-17-6-8/h3-4,6H,5,13H2,1-2H3. The largest absolute Gasteiger partial charge is 0.394 e. The summed E-state index contributed by atoms with van der Waals surface area (Å²) in [7, 11) is 1.94. The summed E-state index contributed by atoms with van der Waals surface area (Å²) in [6.45, 7) is 2.57. The Hall–Kier alpha value is -1.33. The lowest BCUT2D eigenvalue weighted by molar-refractivity contribution is 0.893. The van der Waals surface area contributed by atoms with E-state index in [9.17, 15) is 0 Å². The van der Waals surface area contributed by atoms with Crippen LogP contribution in [-0.2, 0) is 6.54 Å². The maximum absolute atomic E-state index is 5.96. The first-order chi connectivity index (χ1) is 8.08. The highest BCUT2D eigenvalue weighted by atomic mass is 35.5. The number of nitrogen functional groups attached to an aromatic ring is 1. The molecule has 4 nitrogen and oxygen atoms in total. The van der Waals surface area contributed by atoms with Crippen molar-refractivity contribution < 1.29 is 0 Å². The van der Waals surface area contributed by atoms with Crippen molar-refractivity contribution in [1.29, 1.82) is 0 Å². The van der Waals surface area contributed by atoms with Gasteiger partial charge in [0.15, 0.2) is 5.82 Å². The molecule has 2 heterocycles. The van der Waals surface area contributed by atoms with Gasteiger partial charge in [-0.1, -0.05) is 0 Å². The summed E-state index contributed by atoms with van der Waals surface area (Å²) in [4.78, 5) is 10.2. The number of aryl methyl sites for hydroxylation is 1. The van der Waals surface area contributed by atoms with E-state index >= 15 is 0 Å². The molecule has 0 atom stereocenters. The Bertz CT molecular complexity index is 512. The minimum atomic E-state index is 0.226. The van der Waals surface area contributed by atoms with Gasteiger partial charge in [0.1, 0.15) is 0 Å². The van der Waals surface area contributed by atoms with Crippen molar-refractivity contribution in [3.8, 4) is 0 Å². The molecule has 0 amide bonds. The number of hydrogen-bond acceptors (Lipinski definition) is 5. The zero-order valence-electron chi connectivity index (χ0n) is 9.64. The molecule has 0 bridgehead atoms. The normalized spacial score (nSPS) is 10.5. The second-order valence-electron chi connectivity index (χ2n) is 3.80. The van der Waals surface area contributed by atoms with E-state index in [1.54, 1.807) is 11.3 Å². The topological polar surface area (TPSA) is 55.0 Å². The Labute approximate surface area is 109 Å². The third-order valence-electron chi connectivity index (χ3n) is 2.45. The first kappa shape index (κ1) is 12.1. The molecule has 6 heteroatoms. The van der Waals surface area contributed by atoms with Gasteiger partial charge in [-0.25, -0.2) is 4.98 Å². The predicted molar refractivity (Wildman–Crippen MR) is 72.6 cm³/mol. The summed E-state index contributed by atoms with van der Waals surface area (Å²) >= 11 is 7.52. The van der Waals surface area contributed by atoms with Crippen molar-refractivity contribution in [2.45, 2.75) is 13.5 Å². The average Bonchev–Trinajstić information content (AvgIpc) is 2.76. The maximum atomic E-state index is 5.96. The van der Waals surface area contributed by atoms with Crippen LogP contribution in [0.3, 0.4) is 0 Å². The van der Waals surface area contributed by atoms with Crippen LogP contribution in [0.15, 0.2) is 16.8 Å². The van der Waals surface area contributed by atoms with Crippen molar-refractivity contribution in [3.63, 3.8) is 0 Å². The van der Waals surface area contributed by atoms with Gasteiger partial charge < -0.3 is 10.6 Å². The number of anilines is 2. The Morgan fingerprint density at radius 3 is 2.88 bits per heavy atom. The van der Waals surface area contributed by atoms with E-state index in [2.05, 4.69) is 21.4 Å². The number of nitrogens with two attached hydrogens (primary N) is 1. The third-order valence-corrected chi connectivity index (χ3v) is 3.35. The fourth-order valence-corrected chi connectivity index (χ4v) is 2.42. The van der Waals surface area contributed by atoms with E-state index in [1.165, 1.54) is 5.56 Å². The minimum Gasteiger partial charge on any atom is -0.394 e. The molecule has 0 aliphatic rings. The summed E-state index contributed by atoms with van der Waals surface area (Å²) in [5.41, 5.74) is 8.47. The molecule has 0 aliphatic carbocycles. The van der Waals surface area contributed by atoms with Gasteiger partial charge in [-0.3, -0.25) is 0 Å². The van der Waals surface area contributed by atoms with Crippen LogP contribution in [0.4, 0.5) is 11.5 Å². The Balaban J connectivity index is 2.27. The molecule has 0 saturated heterocycles. The zero-order chi connectivity index (χ0) is 12.4. The fraction of sp³-hybridized carbons (Fsp3) is 0.273. The van der Waals surface area contributed by atoms with Crippen LogP contribution in [0.5, 0.6) is 0 Å². The van der Waals surface area contributed by atoms with Crippen LogP contribution >= 0.6 is 22.9 Å². The first-order valence-electron chi connectivity index (χ1n) is 5.09. The van der Waals surface area contributed by atoms with Crippen LogP contribution in [0.25, 0.3) is 0 Å². The van der Waals surface area contributed by atoms with Gasteiger partial charge in [-0.15, -0.1) is 0 Å². The minimum absolute atomic E-state index is 0.226. The van der Waals surface area contributed by atoms with Crippen LogP contribution in [0, 0.1) is 6.92 Å². The highest BCUT2D eigenvalue weighted by Crippen LogP contribution is 2.25. The summed E-state index contributed by atoms with van der Waals surface area (Å²) in [6.07, 6.45) is 0. The van der Waals surface area contributed by atoms with Gasteiger partial charge in [0.05, 0.1) is 11.4 Å². The molecule has 0 saturated carbocycles. The fourth-order valence-electron chi connectivity index (χ4n) is 1.56. The van der Waals surface area contributed by atoms with Crippen molar-refractivity contribution >= 4 is 34.4 Å². The van der Waals surface area contributed by atoms with Crippen LogP contribution < -0.4 is 10.6 Å². The SMILES string of the molecule is Cc1nc(Cl)nc(N(C)Cc2ccsc2)c1N. The molecule has 2 N–H and O–H groups in total. The molecule has 2 aromatic heterocycles. The quantitative estimate of drug-likeness (QED) is 0.870. The van der Waals surface area contributed by atoms with Gasteiger partial charge in [-0.05, 0) is 40.9 Å². The molecular weight excluding hydrogens is 256 g/mol. The molecule has 0 aliphatic heterocycles. The molecule has 2 rings (SSSR count). The zero-order valence-corrected chi connectivity index (χ0v) is 11.2. The smallest absolute Gasteiger partial charge is 0.224 e. The van der Waals surface area contributed by atoms with Crippen LogP contribution in [-0.4, -0.2) is 17.0 Å². The summed E-state index contributed by atoms with van der Waals surface area (Å²) < 4.78 is 0. The lowest BCUT2D eigenvalue weighted by Gasteiger charge is -2.20. The Morgan fingerprint density at radius 2 is 2.24 bits per heavy atom. The van der Waals surface area contributed by atoms with Gasteiger partial charge >= 0.3 is 0 Å². The highest BCUT2D eigenvalue weighted by molar-refractivity contribution is 7.07. The van der Waals surface area contributed by atoms with Gasteiger partial charge in [0, 0.05) is 13.6 Å². The average molecular weight is 269 g/mol. The lowest BCUT2D eigenvalue weighted by atomic mass is 10.3. The molecule has 0 aromatic carbocycles.